The largest absolute Gasteiger partial charge is 0.382 e. The molecule has 0 aliphatic rings. The van der Waals surface area contributed by atoms with Gasteiger partial charge in [-0.25, -0.2) is 0 Å². The second kappa shape index (κ2) is 5.54. The Kier molecular flexibility index (Phi) is 3.74. The number of H-pyrrole nitrogens is 1. The maximum atomic E-state index is 6.05. The van der Waals surface area contributed by atoms with E-state index in [0.717, 1.165) is 26.9 Å². The van der Waals surface area contributed by atoms with Gasteiger partial charge in [0.15, 0.2) is 5.82 Å². The molecule has 0 bridgehead atoms. The quantitative estimate of drug-likeness (QED) is 0.670. The lowest BCUT2D eigenvalue weighted by atomic mass is 10.00. The highest BCUT2D eigenvalue weighted by molar-refractivity contribution is 9.10. The second-order valence-corrected chi connectivity index (χ2v) is 6.14. The standard InChI is InChI=1S/C16H13BrClN3/c1-9-2-7-13(17)12(8-9)15-14(16(19)21-20-15)10-3-5-11(18)6-4-10/h2-8H,1H3,(H3,19,20,21). The van der Waals surface area contributed by atoms with Crippen molar-refractivity contribution in [3.63, 3.8) is 0 Å². The molecule has 0 amide bonds. The van der Waals surface area contributed by atoms with Crippen molar-refractivity contribution < 1.29 is 0 Å². The zero-order chi connectivity index (χ0) is 15.0. The normalized spacial score (nSPS) is 10.8. The predicted molar refractivity (Wildman–Crippen MR) is 91.3 cm³/mol. The van der Waals surface area contributed by atoms with Gasteiger partial charge in [-0.2, -0.15) is 5.10 Å². The third-order valence-electron chi connectivity index (χ3n) is 3.32. The van der Waals surface area contributed by atoms with Gasteiger partial charge in [-0.1, -0.05) is 51.3 Å². The number of nitrogen functional groups attached to an aromatic ring is 1. The van der Waals surface area contributed by atoms with Crippen LogP contribution in [-0.2, 0) is 0 Å². The Hall–Kier alpha value is -1.78. The molecule has 3 rings (SSSR count). The Morgan fingerprint density at radius 1 is 1.14 bits per heavy atom. The number of aromatic amines is 1. The molecule has 0 saturated carbocycles. The summed E-state index contributed by atoms with van der Waals surface area (Å²) in [5.74, 6) is 0.473. The van der Waals surface area contributed by atoms with Crippen molar-refractivity contribution >= 4 is 33.3 Å². The summed E-state index contributed by atoms with van der Waals surface area (Å²) in [6.45, 7) is 2.05. The molecule has 0 unspecified atom stereocenters. The number of aromatic nitrogens is 2. The molecule has 0 aliphatic heterocycles. The zero-order valence-corrected chi connectivity index (χ0v) is 13.7. The third kappa shape index (κ3) is 2.69. The molecule has 5 heteroatoms. The van der Waals surface area contributed by atoms with Crippen LogP contribution in [0.1, 0.15) is 5.56 Å². The van der Waals surface area contributed by atoms with Crippen LogP contribution in [0.2, 0.25) is 5.02 Å². The molecule has 1 heterocycles. The van der Waals surface area contributed by atoms with E-state index < -0.39 is 0 Å². The van der Waals surface area contributed by atoms with Crippen molar-refractivity contribution in [2.75, 3.05) is 5.73 Å². The minimum atomic E-state index is 0.473. The third-order valence-corrected chi connectivity index (χ3v) is 4.26. The van der Waals surface area contributed by atoms with E-state index in [-0.39, 0.29) is 0 Å². The van der Waals surface area contributed by atoms with Crippen molar-refractivity contribution in [1.82, 2.24) is 10.2 Å². The lowest BCUT2D eigenvalue weighted by molar-refractivity contribution is 1.10. The molecule has 0 atom stereocenters. The number of benzene rings is 2. The van der Waals surface area contributed by atoms with Gasteiger partial charge in [-0.15, -0.1) is 0 Å². The Labute approximate surface area is 136 Å². The molecule has 1 aromatic heterocycles. The van der Waals surface area contributed by atoms with Gasteiger partial charge in [0.2, 0.25) is 0 Å². The number of nitrogens with zero attached hydrogens (tertiary/aromatic N) is 1. The topological polar surface area (TPSA) is 54.7 Å². The van der Waals surface area contributed by atoms with E-state index in [1.807, 2.05) is 30.3 Å². The molecule has 2 aromatic carbocycles. The van der Waals surface area contributed by atoms with E-state index >= 15 is 0 Å². The maximum Gasteiger partial charge on any atom is 0.153 e. The highest BCUT2D eigenvalue weighted by Crippen LogP contribution is 2.38. The van der Waals surface area contributed by atoms with Crippen LogP contribution in [-0.4, -0.2) is 10.2 Å². The summed E-state index contributed by atoms with van der Waals surface area (Å²) < 4.78 is 0.993. The van der Waals surface area contributed by atoms with Crippen LogP contribution in [0.4, 0.5) is 5.82 Å². The Balaban J connectivity index is 2.21. The van der Waals surface area contributed by atoms with E-state index in [0.29, 0.717) is 10.8 Å². The van der Waals surface area contributed by atoms with Crippen molar-refractivity contribution in [3.05, 3.63) is 57.5 Å². The lowest BCUT2D eigenvalue weighted by Crippen LogP contribution is -1.89. The van der Waals surface area contributed by atoms with Crippen LogP contribution in [0.3, 0.4) is 0 Å². The first-order valence-corrected chi connectivity index (χ1v) is 7.59. The summed E-state index contributed by atoms with van der Waals surface area (Å²) >= 11 is 9.54. The van der Waals surface area contributed by atoms with Gasteiger partial charge in [-0.3, -0.25) is 5.10 Å². The van der Waals surface area contributed by atoms with Gasteiger partial charge < -0.3 is 5.73 Å². The van der Waals surface area contributed by atoms with Crippen molar-refractivity contribution in [1.29, 1.82) is 0 Å². The van der Waals surface area contributed by atoms with Crippen LogP contribution >= 0.6 is 27.5 Å². The van der Waals surface area contributed by atoms with Crippen LogP contribution in [0, 0.1) is 6.92 Å². The summed E-state index contributed by atoms with van der Waals surface area (Å²) in [5, 5.41) is 7.89. The number of aryl methyl sites for hydroxylation is 1. The molecule has 21 heavy (non-hydrogen) atoms. The van der Waals surface area contributed by atoms with Gasteiger partial charge in [0, 0.05) is 15.1 Å². The number of anilines is 1. The summed E-state index contributed by atoms with van der Waals surface area (Å²) in [7, 11) is 0. The molecule has 0 radical (unpaired) electrons. The molecular formula is C16H13BrClN3. The van der Waals surface area contributed by atoms with E-state index in [9.17, 15) is 0 Å². The molecule has 3 N–H and O–H groups in total. The molecule has 0 saturated heterocycles. The highest BCUT2D eigenvalue weighted by Gasteiger charge is 2.16. The smallest absolute Gasteiger partial charge is 0.153 e. The first-order chi connectivity index (χ1) is 10.1. The monoisotopic (exact) mass is 361 g/mol. The molecule has 3 nitrogen and oxygen atoms in total. The minimum absolute atomic E-state index is 0.473. The summed E-state index contributed by atoms with van der Waals surface area (Å²) in [4.78, 5) is 0. The van der Waals surface area contributed by atoms with Crippen molar-refractivity contribution in [3.8, 4) is 22.4 Å². The first kappa shape index (κ1) is 14.2. The number of hydrogen-bond acceptors (Lipinski definition) is 2. The molecule has 3 aromatic rings. The van der Waals surface area contributed by atoms with Crippen molar-refractivity contribution in [2.45, 2.75) is 6.92 Å². The molecule has 0 spiro atoms. The van der Waals surface area contributed by atoms with Gasteiger partial charge in [0.25, 0.3) is 0 Å². The SMILES string of the molecule is Cc1ccc(Br)c(-c2[nH]nc(N)c2-c2ccc(Cl)cc2)c1. The van der Waals surface area contributed by atoms with Crippen LogP contribution in [0.5, 0.6) is 0 Å². The average Bonchev–Trinajstić information content (AvgIpc) is 2.84. The number of rotatable bonds is 2. The number of hydrogen-bond donors (Lipinski definition) is 2. The van der Waals surface area contributed by atoms with Gasteiger partial charge in [0.1, 0.15) is 0 Å². The fourth-order valence-corrected chi connectivity index (χ4v) is 2.86. The summed E-state index contributed by atoms with van der Waals surface area (Å²) in [6, 6.07) is 13.7. The first-order valence-electron chi connectivity index (χ1n) is 6.42. The molecule has 0 aliphatic carbocycles. The highest BCUT2D eigenvalue weighted by atomic mass is 79.9. The van der Waals surface area contributed by atoms with E-state index in [1.165, 1.54) is 5.56 Å². The maximum absolute atomic E-state index is 6.05. The number of halogens is 2. The van der Waals surface area contributed by atoms with Crippen LogP contribution < -0.4 is 5.73 Å². The average molecular weight is 363 g/mol. The summed E-state index contributed by atoms with van der Waals surface area (Å²) in [6.07, 6.45) is 0. The predicted octanol–water partition coefficient (Wildman–Crippen LogP) is 5.05. The Bertz CT molecular complexity index is 794. The Morgan fingerprint density at radius 2 is 1.86 bits per heavy atom. The summed E-state index contributed by atoms with van der Waals surface area (Å²) in [5.41, 5.74) is 11.0. The fraction of sp³-hybridized carbons (Fsp3) is 0.0625. The lowest BCUT2D eigenvalue weighted by Gasteiger charge is -2.08. The van der Waals surface area contributed by atoms with Gasteiger partial charge in [0.05, 0.1) is 11.3 Å². The fourth-order valence-electron chi connectivity index (χ4n) is 2.29. The molecular weight excluding hydrogens is 350 g/mol. The molecule has 0 fully saturated rings. The second-order valence-electron chi connectivity index (χ2n) is 4.85. The van der Waals surface area contributed by atoms with Crippen LogP contribution in [0.15, 0.2) is 46.9 Å². The zero-order valence-electron chi connectivity index (χ0n) is 11.3. The van der Waals surface area contributed by atoms with E-state index in [4.69, 9.17) is 17.3 Å². The molecule has 106 valence electrons. The van der Waals surface area contributed by atoms with Crippen LogP contribution in [0.25, 0.3) is 22.4 Å². The minimum Gasteiger partial charge on any atom is -0.382 e. The van der Waals surface area contributed by atoms with E-state index in [1.54, 1.807) is 0 Å². The number of nitrogens with two attached hydrogens (primary N) is 1. The van der Waals surface area contributed by atoms with Gasteiger partial charge >= 0.3 is 0 Å². The van der Waals surface area contributed by atoms with Crippen molar-refractivity contribution in [2.24, 2.45) is 0 Å². The number of nitrogens with one attached hydrogen (secondary N) is 1. The van der Waals surface area contributed by atoms with Gasteiger partial charge in [-0.05, 0) is 36.8 Å². The Morgan fingerprint density at radius 3 is 2.57 bits per heavy atom. The van der Waals surface area contributed by atoms with E-state index in [2.05, 4.69) is 45.2 Å².